The van der Waals surface area contributed by atoms with Gasteiger partial charge in [0.15, 0.2) is 0 Å². The van der Waals surface area contributed by atoms with E-state index in [1.54, 1.807) is 32.9 Å². The van der Waals surface area contributed by atoms with Crippen molar-refractivity contribution in [3.63, 3.8) is 0 Å². The maximum absolute atomic E-state index is 11.6. The van der Waals surface area contributed by atoms with Crippen molar-refractivity contribution >= 4 is 12.1 Å². The molecule has 1 N–H and O–H groups in total. The minimum atomic E-state index is -0.819. The number of ether oxygens (including phenoxy) is 2. The second-order valence-electron chi connectivity index (χ2n) is 5.16. The number of carbonyl (C=O) groups is 2. The summed E-state index contributed by atoms with van der Waals surface area (Å²) in [7, 11) is 0. The third kappa shape index (κ3) is 4.37. The molecule has 0 unspecified atom stereocenters. The van der Waals surface area contributed by atoms with E-state index in [4.69, 9.17) is 9.47 Å². The van der Waals surface area contributed by atoms with Crippen molar-refractivity contribution in [2.75, 3.05) is 0 Å². The van der Waals surface area contributed by atoms with E-state index in [-0.39, 0.29) is 0 Å². The molecule has 0 saturated heterocycles. The predicted octanol–water partition coefficient (Wildman–Crippen LogP) is 1.87. The fourth-order valence-corrected chi connectivity index (χ4v) is 1.57. The average Bonchev–Trinajstić information content (AvgIpc) is 2.61. The van der Waals surface area contributed by atoms with Crippen LogP contribution >= 0.6 is 0 Å². The van der Waals surface area contributed by atoms with Gasteiger partial charge in [0.2, 0.25) is 0 Å². The van der Waals surface area contributed by atoms with Crippen molar-refractivity contribution in [1.82, 2.24) is 5.06 Å². The Morgan fingerprint density at radius 2 is 1.94 bits per heavy atom. The smallest absolute Gasteiger partial charge is 0.434 e. The van der Waals surface area contributed by atoms with E-state index in [0.29, 0.717) is 11.5 Å². The van der Waals surface area contributed by atoms with Crippen LogP contribution in [0.3, 0.4) is 0 Å². The largest absolute Gasteiger partial charge is 0.458 e. The maximum Gasteiger partial charge on any atom is 0.434 e. The number of hydrogen-bond acceptors (Lipinski definition) is 5. The summed E-state index contributed by atoms with van der Waals surface area (Å²) >= 11 is 0. The molecule has 6 nitrogen and oxygen atoms in total. The topological polar surface area (TPSA) is 76.1 Å². The van der Waals surface area contributed by atoms with Gasteiger partial charge in [-0.25, -0.2) is 4.79 Å². The number of nitrogens with zero attached hydrogens (tertiary/aromatic N) is 1. The van der Waals surface area contributed by atoms with Crippen molar-refractivity contribution in [2.45, 2.75) is 51.9 Å². The second kappa shape index (κ2) is 5.39. The number of rotatable bonds is 2. The van der Waals surface area contributed by atoms with Crippen molar-refractivity contribution in [3.8, 4) is 0 Å². The molecule has 102 valence electrons. The van der Waals surface area contributed by atoms with Crippen molar-refractivity contribution in [3.05, 3.63) is 12.2 Å². The number of amides is 1. The molecule has 0 radical (unpaired) electrons. The summed E-state index contributed by atoms with van der Waals surface area (Å²) in [6.07, 6.45) is 2.34. The lowest BCUT2D eigenvalue weighted by Gasteiger charge is -2.26. The molecule has 0 fully saturated rings. The van der Waals surface area contributed by atoms with Gasteiger partial charge in [0, 0.05) is 13.3 Å². The second-order valence-corrected chi connectivity index (χ2v) is 5.16. The van der Waals surface area contributed by atoms with Gasteiger partial charge < -0.3 is 9.47 Å². The number of carbonyl (C=O) groups excluding carboxylic acids is 2. The lowest BCUT2D eigenvalue weighted by atomic mass is 10.2. The number of esters is 1. The summed E-state index contributed by atoms with van der Waals surface area (Å²) in [4.78, 5) is 22.4. The van der Waals surface area contributed by atoms with E-state index >= 15 is 0 Å². The Labute approximate surface area is 106 Å². The summed E-state index contributed by atoms with van der Waals surface area (Å²) in [5.74, 6) is -0.396. The Morgan fingerprint density at radius 3 is 2.44 bits per heavy atom. The first-order valence-corrected chi connectivity index (χ1v) is 5.75. The van der Waals surface area contributed by atoms with Gasteiger partial charge in [-0.1, -0.05) is 6.08 Å². The third-order valence-electron chi connectivity index (χ3n) is 2.23. The van der Waals surface area contributed by atoms with Crippen LogP contribution in [0.1, 0.15) is 34.1 Å². The van der Waals surface area contributed by atoms with Crippen LogP contribution in [-0.2, 0) is 14.3 Å². The van der Waals surface area contributed by atoms with Crippen LogP contribution in [0.2, 0.25) is 0 Å². The molecule has 0 bridgehead atoms. The Balaban J connectivity index is 2.50. The minimum Gasteiger partial charge on any atom is -0.458 e. The van der Waals surface area contributed by atoms with Crippen molar-refractivity contribution in [1.29, 1.82) is 0 Å². The molecule has 0 spiro atoms. The molecule has 0 aliphatic heterocycles. The van der Waals surface area contributed by atoms with Gasteiger partial charge in [0.25, 0.3) is 0 Å². The highest BCUT2D eigenvalue weighted by Gasteiger charge is 2.31. The lowest BCUT2D eigenvalue weighted by Crippen LogP contribution is -2.40. The Kier molecular flexibility index (Phi) is 4.34. The monoisotopic (exact) mass is 257 g/mol. The van der Waals surface area contributed by atoms with Crippen LogP contribution in [-0.4, -0.2) is 40.1 Å². The van der Waals surface area contributed by atoms with E-state index in [0.717, 1.165) is 0 Å². The van der Waals surface area contributed by atoms with Crippen molar-refractivity contribution < 1.29 is 24.3 Å². The van der Waals surface area contributed by atoms with Crippen LogP contribution in [0.5, 0.6) is 0 Å². The fraction of sp³-hybridized carbons (Fsp3) is 0.667. The predicted molar refractivity (Wildman–Crippen MR) is 63.0 cm³/mol. The van der Waals surface area contributed by atoms with Gasteiger partial charge in [-0.3, -0.25) is 10.0 Å². The molecule has 0 aromatic rings. The molecule has 1 rings (SSSR count). The highest BCUT2D eigenvalue weighted by molar-refractivity contribution is 5.68. The van der Waals surface area contributed by atoms with Gasteiger partial charge in [0.1, 0.15) is 11.7 Å². The summed E-state index contributed by atoms with van der Waals surface area (Å²) < 4.78 is 9.98. The van der Waals surface area contributed by atoms with Gasteiger partial charge in [0.05, 0.1) is 6.04 Å². The molecule has 1 aliphatic rings. The van der Waals surface area contributed by atoms with Crippen LogP contribution in [0.15, 0.2) is 12.2 Å². The molecular weight excluding hydrogens is 238 g/mol. The highest BCUT2D eigenvalue weighted by atomic mass is 16.6. The Morgan fingerprint density at radius 1 is 1.33 bits per heavy atom. The van der Waals surface area contributed by atoms with E-state index in [1.807, 2.05) is 0 Å². The third-order valence-corrected chi connectivity index (χ3v) is 2.23. The molecule has 0 saturated carbocycles. The summed E-state index contributed by atoms with van der Waals surface area (Å²) in [6, 6.07) is -0.538. The fourth-order valence-electron chi connectivity index (χ4n) is 1.57. The van der Waals surface area contributed by atoms with E-state index in [9.17, 15) is 14.8 Å². The molecule has 0 aromatic heterocycles. The first-order valence-electron chi connectivity index (χ1n) is 5.75. The van der Waals surface area contributed by atoms with Crippen LogP contribution < -0.4 is 0 Å². The zero-order valence-electron chi connectivity index (χ0n) is 11.0. The van der Waals surface area contributed by atoms with Gasteiger partial charge in [-0.05, 0) is 26.8 Å². The lowest BCUT2D eigenvalue weighted by molar-refractivity contribution is -0.146. The first-order chi connectivity index (χ1) is 8.19. The maximum atomic E-state index is 11.6. The standard InChI is InChI=1S/C12H19NO5/c1-8(14)17-10-6-5-9(7-10)13(16)11(15)18-12(2,3)4/h5-6,9-10,16H,7H2,1-4H3/t9-,10+/m0/s1. The molecule has 6 heteroatoms. The molecule has 18 heavy (non-hydrogen) atoms. The molecule has 2 atom stereocenters. The summed E-state index contributed by atoms with van der Waals surface area (Å²) in [5.41, 5.74) is -0.671. The molecule has 0 aromatic carbocycles. The minimum absolute atomic E-state index is 0.329. The zero-order valence-corrected chi connectivity index (χ0v) is 11.0. The number of hydroxylamine groups is 2. The van der Waals surface area contributed by atoms with Crippen molar-refractivity contribution in [2.24, 2.45) is 0 Å². The van der Waals surface area contributed by atoms with Gasteiger partial charge in [-0.15, -0.1) is 0 Å². The van der Waals surface area contributed by atoms with Crippen LogP contribution in [0.4, 0.5) is 4.79 Å². The quantitative estimate of drug-likeness (QED) is 0.354. The average molecular weight is 257 g/mol. The van der Waals surface area contributed by atoms with Gasteiger partial charge >= 0.3 is 12.1 Å². The normalized spacial score (nSPS) is 22.7. The highest BCUT2D eigenvalue weighted by Crippen LogP contribution is 2.20. The van der Waals surface area contributed by atoms with Crippen LogP contribution in [0, 0.1) is 0 Å². The SMILES string of the molecule is CC(=O)O[C@@H]1C=C[C@H](N(O)C(=O)OC(C)(C)C)C1. The van der Waals surface area contributed by atoms with E-state index in [1.165, 1.54) is 6.92 Å². The molecule has 1 aliphatic carbocycles. The number of hydrogen-bond donors (Lipinski definition) is 1. The van der Waals surface area contributed by atoms with Crippen LogP contribution in [0.25, 0.3) is 0 Å². The zero-order chi connectivity index (χ0) is 13.9. The van der Waals surface area contributed by atoms with Gasteiger partial charge in [-0.2, -0.15) is 5.06 Å². The Bertz CT molecular complexity index is 358. The van der Waals surface area contributed by atoms with E-state index in [2.05, 4.69) is 0 Å². The molecular formula is C12H19NO5. The molecule has 1 amide bonds. The van der Waals surface area contributed by atoms with E-state index < -0.39 is 29.8 Å². The summed E-state index contributed by atoms with van der Waals surface area (Å²) in [6.45, 7) is 6.45. The Hall–Kier alpha value is -1.56. The first kappa shape index (κ1) is 14.5. The summed E-state index contributed by atoms with van der Waals surface area (Å²) in [5, 5.41) is 10.2. The molecule has 0 heterocycles.